The summed E-state index contributed by atoms with van der Waals surface area (Å²) in [6.45, 7) is 8.45. The van der Waals surface area contributed by atoms with Crippen LogP contribution in [0.3, 0.4) is 0 Å². The number of ether oxygens (including phenoxy) is 4. The van der Waals surface area contributed by atoms with E-state index in [9.17, 15) is 23.2 Å². The minimum absolute atomic E-state index is 0.0189. The number of anilines is 5. The molecule has 6 bridgehead atoms. The molecule has 3 aliphatic carbocycles. The second kappa shape index (κ2) is 22.3. The van der Waals surface area contributed by atoms with Crippen LogP contribution in [0.1, 0.15) is 116 Å². The second-order valence-corrected chi connectivity index (χ2v) is 24.8. The van der Waals surface area contributed by atoms with Gasteiger partial charge < -0.3 is 60.2 Å². The van der Waals surface area contributed by atoms with Crippen molar-refractivity contribution in [2.75, 3.05) is 104 Å². The number of nitrogens with zero attached hydrogens (tertiary/aromatic N) is 15. The SMILES string of the molecule is Cc1cnc2c(c1)[C@@H]1COCCN1c1ccn3ncc(c3n1)C(=O)NC1(CC1)CN2.O=C1NC2(CC2)CNc2ncc(F)cc2[C@H]2COCCN2c2ccn3ncc1c3n2.O=C1NC2(CC2)COc2ncc(F)cc2[C@@H]2CCOCCN2c2ccn3ncc1c3n2. The molecule has 3 saturated carbocycles. The fourth-order valence-corrected chi connectivity index (χ4v) is 12.9. The van der Waals surface area contributed by atoms with Gasteiger partial charge in [0, 0.05) is 80.8 Å². The zero-order chi connectivity index (χ0) is 61.6. The molecule has 15 heterocycles. The largest absolute Gasteiger partial charge is 0.475 e. The molecule has 91 heavy (non-hydrogen) atoms. The van der Waals surface area contributed by atoms with Crippen molar-refractivity contribution < 1.29 is 42.1 Å². The number of fused-ring (bicyclic) bond motifs is 15. The molecule has 9 aliphatic rings. The Bertz CT molecular complexity index is 4180. The topological polar surface area (TPSA) is 287 Å². The average Bonchev–Trinajstić information content (AvgIpc) is 1.84. The fourth-order valence-electron chi connectivity index (χ4n) is 12.9. The van der Waals surface area contributed by atoms with Gasteiger partial charge in [-0.25, -0.2) is 52.2 Å². The molecule has 0 unspecified atom stereocenters. The summed E-state index contributed by atoms with van der Waals surface area (Å²) >= 11 is 0. The zero-order valence-electron chi connectivity index (χ0n) is 49.6. The predicted octanol–water partition coefficient (Wildman–Crippen LogP) is 5.11. The van der Waals surface area contributed by atoms with Crippen LogP contribution in [0.2, 0.25) is 0 Å². The van der Waals surface area contributed by atoms with Crippen molar-refractivity contribution in [2.24, 2.45) is 0 Å². The van der Waals surface area contributed by atoms with Crippen molar-refractivity contribution in [3.8, 4) is 5.88 Å². The van der Waals surface area contributed by atoms with Crippen LogP contribution in [0, 0.1) is 18.6 Å². The highest BCUT2D eigenvalue weighted by molar-refractivity contribution is 6.02. The summed E-state index contributed by atoms with van der Waals surface area (Å²) in [5.41, 5.74) is 5.38. The van der Waals surface area contributed by atoms with Crippen LogP contribution in [0.15, 0.2) is 92.2 Å². The number of morpholine rings is 2. The molecule has 3 amide bonds. The lowest BCUT2D eigenvalue weighted by Gasteiger charge is -2.37. The molecule has 27 nitrogen and oxygen atoms in total. The Morgan fingerprint density at radius 2 is 0.945 bits per heavy atom. The number of amides is 3. The van der Waals surface area contributed by atoms with Gasteiger partial charge in [0.25, 0.3) is 17.7 Å². The van der Waals surface area contributed by atoms with Crippen LogP contribution in [0.5, 0.6) is 5.88 Å². The number of nitrogens with one attached hydrogen (secondary N) is 5. The van der Waals surface area contributed by atoms with Gasteiger partial charge in [0.1, 0.15) is 64.0 Å². The molecule has 6 aliphatic heterocycles. The molecule has 468 valence electrons. The molecule has 6 fully saturated rings. The predicted molar refractivity (Wildman–Crippen MR) is 324 cm³/mol. The van der Waals surface area contributed by atoms with E-state index in [-0.39, 0.29) is 53.5 Å². The lowest BCUT2D eigenvalue weighted by atomic mass is 10.0. The van der Waals surface area contributed by atoms with Crippen molar-refractivity contribution in [3.63, 3.8) is 0 Å². The second-order valence-electron chi connectivity index (χ2n) is 24.8. The first kappa shape index (κ1) is 56.5. The van der Waals surface area contributed by atoms with Crippen molar-refractivity contribution in [1.82, 2.24) is 74.7 Å². The first-order valence-electron chi connectivity index (χ1n) is 30.8. The molecule has 29 heteroatoms. The summed E-state index contributed by atoms with van der Waals surface area (Å²) in [6.07, 6.45) is 20.2. The third-order valence-corrected chi connectivity index (χ3v) is 18.6. The van der Waals surface area contributed by atoms with Crippen LogP contribution in [0.4, 0.5) is 37.9 Å². The van der Waals surface area contributed by atoms with Crippen LogP contribution >= 0.6 is 0 Å². The van der Waals surface area contributed by atoms with Crippen molar-refractivity contribution >= 4 is 63.8 Å². The van der Waals surface area contributed by atoms with E-state index in [1.807, 2.05) is 37.5 Å². The van der Waals surface area contributed by atoms with E-state index in [1.165, 1.54) is 24.5 Å². The number of pyridine rings is 3. The number of aromatic nitrogens is 12. The molecule has 5 N–H and O–H groups in total. The van der Waals surface area contributed by atoms with Gasteiger partial charge in [-0.05, 0) is 93.8 Å². The first-order chi connectivity index (χ1) is 44.4. The zero-order valence-corrected chi connectivity index (χ0v) is 49.6. The van der Waals surface area contributed by atoms with Crippen molar-refractivity contribution in [2.45, 2.75) is 86.6 Å². The quantitative estimate of drug-likeness (QED) is 0.132. The van der Waals surface area contributed by atoms with Crippen LogP contribution in [0.25, 0.3) is 16.9 Å². The number of halogens is 2. The number of rotatable bonds is 0. The highest BCUT2D eigenvalue weighted by Gasteiger charge is 2.48. The molecule has 0 aromatic carbocycles. The van der Waals surface area contributed by atoms with Crippen LogP contribution in [-0.4, -0.2) is 172 Å². The van der Waals surface area contributed by atoms with E-state index in [1.54, 1.807) is 38.3 Å². The molecular formula is C62H64F2N20O7. The highest BCUT2D eigenvalue weighted by Crippen LogP contribution is 2.43. The number of hydrogen-bond donors (Lipinski definition) is 5. The summed E-state index contributed by atoms with van der Waals surface area (Å²) in [4.78, 5) is 73.1. The number of hydrogen-bond acceptors (Lipinski definition) is 21. The van der Waals surface area contributed by atoms with Crippen LogP contribution < -0.4 is 46.0 Å². The van der Waals surface area contributed by atoms with E-state index in [0.29, 0.717) is 147 Å². The molecule has 3 saturated heterocycles. The third kappa shape index (κ3) is 10.8. The van der Waals surface area contributed by atoms with Gasteiger partial charge in [0.05, 0.1) is 98.8 Å². The monoisotopic (exact) mass is 1240 g/mol. The molecular weight excluding hydrogens is 1170 g/mol. The lowest BCUT2D eigenvalue weighted by Crippen LogP contribution is -2.42. The minimum atomic E-state index is -0.462. The van der Waals surface area contributed by atoms with Crippen molar-refractivity contribution in [3.05, 3.63) is 143 Å². The smallest absolute Gasteiger partial charge is 0.257 e. The van der Waals surface area contributed by atoms with E-state index >= 15 is 0 Å². The molecule has 9 aromatic rings. The summed E-state index contributed by atoms with van der Waals surface area (Å²) in [5.74, 6) is 2.57. The Kier molecular flexibility index (Phi) is 13.9. The number of carbonyl (C=O) groups excluding carboxylic acids is 3. The summed E-state index contributed by atoms with van der Waals surface area (Å²) in [5, 5.41) is 29.2. The molecule has 3 spiro atoms. The molecule has 9 aromatic heterocycles. The van der Waals surface area contributed by atoms with Gasteiger partial charge in [0.15, 0.2) is 16.9 Å². The van der Waals surface area contributed by atoms with E-state index < -0.39 is 17.2 Å². The average molecular weight is 1240 g/mol. The normalized spacial score (nSPS) is 22.4. The van der Waals surface area contributed by atoms with Gasteiger partial charge in [0.2, 0.25) is 5.88 Å². The highest BCUT2D eigenvalue weighted by atomic mass is 19.1. The standard InChI is InChI=1S/C21H21FN6O3.C21H23N7O2.C20H20FN7O2/c22-13-9-14-16-2-7-30-8-6-27(16)17-1-5-28-18(25-17)15(11-24-28)19(29)26-21(3-4-21)12-31-20(14)23-10-13;1-13-8-14-16-11-30-7-6-27(16)17-2-5-28-19(25-17)15(10-24-28)20(29)26-21(3-4-21)12-23-18(14)22-9-13;21-12-7-13-15-10-30-6-5-27(15)16-1-4-28-18(25-16)14(9-24-28)19(29)26-20(2-3-20)11-23-17(13)22-8-12/h1,5,9-11,16H,2-4,6-8,12H2,(H,26,29);2,5,8-10,16H,3-4,6-7,11-12H2,1H3,(H,22,23)(H,26,29);1,4,7-9,15H,2-3,5-6,10-11H2,(H,22,23)(H,26,29)/t2*16-;15-/m001/s1. The number of carbonyl (C=O) groups is 3. The Labute approximate surface area is 518 Å². The lowest BCUT2D eigenvalue weighted by molar-refractivity contribution is 0.0908. The number of aryl methyl sites for hydroxylation is 1. The van der Waals surface area contributed by atoms with Gasteiger partial charge in [-0.1, -0.05) is 0 Å². The maximum atomic E-state index is 14.3. The van der Waals surface area contributed by atoms with E-state index in [0.717, 1.165) is 67.5 Å². The van der Waals surface area contributed by atoms with Crippen molar-refractivity contribution in [1.29, 1.82) is 0 Å². The summed E-state index contributed by atoms with van der Waals surface area (Å²) in [7, 11) is 0. The first-order valence-corrected chi connectivity index (χ1v) is 30.8. The fraction of sp³-hybridized carbons (Fsp3) is 0.419. The maximum Gasteiger partial charge on any atom is 0.257 e. The molecule has 0 radical (unpaired) electrons. The van der Waals surface area contributed by atoms with Gasteiger partial charge in [-0.3, -0.25) is 14.4 Å². The maximum absolute atomic E-state index is 14.3. The summed E-state index contributed by atoms with van der Waals surface area (Å²) in [6, 6.07) is 10.3. The van der Waals surface area contributed by atoms with E-state index in [2.05, 4.69) is 77.6 Å². The molecule has 3 atom stereocenters. The van der Waals surface area contributed by atoms with Gasteiger partial charge >= 0.3 is 0 Å². The van der Waals surface area contributed by atoms with Crippen LogP contribution in [-0.2, 0) is 14.2 Å². The van der Waals surface area contributed by atoms with E-state index in [4.69, 9.17) is 33.9 Å². The van der Waals surface area contributed by atoms with Gasteiger partial charge in [-0.2, -0.15) is 15.3 Å². The Hall–Kier alpha value is -9.74. The third-order valence-electron chi connectivity index (χ3n) is 18.6. The summed E-state index contributed by atoms with van der Waals surface area (Å²) < 4.78 is 56.7. The Morgan fingerprint density at radius 1 is 0.505 bits per heavy atom. The Morgan fingerprint density at radius 3 is 1.45 bits per heavy atom. The Balaban J connectivity index is 0.000000109. The molecule has 18 rings (SSSR count). The minimum Gasteiger partial charge on any atom is -0.475 e. The van der Waals surface area contributed by atoms with Gasteiger partial charge in [-0.15, -0.1) is 0 Å².